The van der Waals surface area contributed by atoms with Gasteiger partial charge >= 0.3 is 6.18 Å². The fraction of sp³-hybridized carbons (Fsp3) is 0.100. The summed E-state index contributed by atoms with van der Waals surface area (Å²) < 4.78 is 64.6. The highest BCUT2D eigenvalue weighted by atomic mass is 35.5. The molecule has 0 unspecified atom stereocenters. The molecule has 1 aromatic carbocycles. The molecule has 3 aromatic heterocycles. The highest BCUT2D eigenvalue weighted by Crippen LogP contribution is 2.33. The van der Waals surface area contributed by atoms with Crippen molar-refractivity contribution in [3.8, 4) is 23.1 Å². The first kappa shape index (κ1) is 22.3. The Hall–Kier alpha value is -2.91. The summed E-state index contributed by atoms with van der Waals surface area (Å²) >= 11 is 6.88. The molecule has 0 aliphatic rings. The minimum absolute atomic E-state index is 0.0699. The molecule has 0 aliphatic carbocycles. The molecular formula is C20H12ClF3N4O2S2. The number of halogens is 4. The average Bonchev–Trinajstić information content (AvgIpc) is 3.33. The van der Waals surface area contributed by atoms with Gasteiger partial charge in [-0.25, -0.2) is 23.1 Å². The summed E-state index contributed by atoms with van der Waals surface area (Å²) in [6.07, 6.45) is -3.51. The second kappa shape index (κ2) is 7.90. The third kappa shape index (κ3) is 4.35. The minimum Gasteiger partial charge on any atom is -0.227 e. The van der Waals surface area contributed by atoms with Gasteiger partial charge in [-0.1, -0.05) is 29.5 Å². The Labute approximate surface area is 189 Å². The molecule has 0 saturated heterocycles. The van der Waals surface area contributed by atoms with E-state index >= 15 is 0 Å². The molecule has 0 amide bonds. The summed E-state index contributed by atoms with van der Waals surface area (Å²) in [5.41, 5.74) is 0.283. The molecule has 0 aliphatic heterocycles. The van der Waals surface area contributed by atoms with Gasteiger partial charge in [0.2, 0.25) is 10.0 Å². The molecule has 0 saturated carbocycles. The van der Waals surface area contributed by atoms with E-state index in [1.165, 1.54) is 18.3 Å². The lowest BCUT2D eigenvalue weighted by molar-refractivity contribution is -0.142. The largest absolute Gasteiger partial charge is 0.433 e. The van der Waals surface area contributed by atoms with Gasteiger partial charge in [-0.3, -0.25) is 0 Å². The Bertz CT molecular complexity index is 1530. The molecule has 4 rings (SSSR count). The van der Waals surface area contributed by atoms with E-state index in [0.29, 0.717) is 25.5 Å². The van der Waals surface area contributed by atoms with E-state index < -0.39 is 21.9 Å². The maximum absolute atomic E-state index is 13.7. The molecule has 32 heavy (non-hydrogen) atoms. The summed E-state index contributed by atoms with van der Waals surface area (Å²) in [5.74, 6) is 5.44. The van der Waals surface area contributed by atoms with Crippen molar-refractivity contribution in [1.29, 1.82) is 0 Å². The van der Waals surface area contributed by atoms with Crippen LogP contribution in [0.15, 0.2) is 46.8 Å². The Kier molecular flexibility index (Phi) is 5.50. The fourth-order valence-corrected chi connectivity index (χ4v) is 4.57. The summed E-state index contributed by atoms with van der Waals surface area (Å²) in [4.78, 5) is 4.72. The zero-order chi connectivity index (χ0) is 23.3. The number of sulfonamides is 1. The van der Waals surface area contributed by atoms with Crippen molar-refractivity contribution in [2.24, 2.45) is 5.14 Å². The van der Waals surface area contributed by atoms with Gasteiger partial charge in [0.15, 0.2) is 11.3 Å². The number of alkyl halides is 3. The Morgan fingerprint density at radius 1 is 1.16 bits per heavy atom. The predicted octanol–water partition coefficient (Wildman–Crippen LogP) is 4.49. The van der Waals surface area contributed by atoms with E-state index in [1.807, 2.05) is 0 Å². The summed E-state index contributed by atoms with van der Waals surface area (Å²) in [6.45, 7) is 1.74. The van der Waals surface area contributed by atoms with E-state index in [4.69, 9.17) is 16.7 Å². The average molecular weight is 497 g/mol. The fourth-order valence-electron chi connectivity index (χ4n) is 2.87. The first-order valence-corrected chi connectivity index (χ1v) is 11.5. The summed E-state index contributed by atoms with van der Waals surface area (Å²) in [7, 11) is -3.87. The monoisotopic (exact) mass is 496 g/mol. The van der Waals surface area contributed by atoms with Crippen LogP contribution in [-0.4, -0.2) is 23.0 Å². The third-order valence-corrected chi connectivity index (χ3v) is 7.26. The van der Waals surface area contributed by atoms with Gasteiger partial charge in [0.25, 0.3) is 0 Å². The van der Waals surface area contributed by atoms with Crippen LogP contribution in [0.2, 0.25) is 5.02 Å². The van der Waals surface area contributed by atoms with E-state index in [9.17, 15) is 21.6 Å². The van der Waals surface area contributed by atoms with Crippen LogP contribution >= 0.6 is 22.9 Å². The van der Waals surface area contributed by atoms with Crippen molar-refractivity contribution in [3.63, 3.8) is 0 Å². The van der Waals surface area contributed by atoms with Crippen molar-refractivity contribution in [2.45, 2.75) is 17.3 Å². The number of aryl methyl sites for hydroxylation is 1. The molecule has 6 nitrogen and oxygen atoms in total. The predicted molar refractivity (Wildman–Crippen MR) is 115 cm³/mol. The van der Waals surface area contributed by atoms with E-state index in [-0.39, 0.29) is 21.1 Å². The molecule has 2 N–H and O–H groups in total. The van der Waals surface area contributed by atoms with Crippen LogP contribution in [0.25, 0.3) is 16.9 Å². The Morgan fingerprint density at radius 3 is 2.53 bits per heavy atom. The molecule has 0 atom stereocenters. The standard InChI is InChI=1S/C20H12ClF3N4O2S2/c1-11-8-12(3-6-15(11)21)16-9-17(20(22,23)24)28-19(27-16)13(10-26-28)2-4-14-5-7-18(31-14)32(25,29)30/h3,5-10H,1H3,(H2,25,29,30). The third-order valence-electron chi connectivity index (χ3n) is 4.40. The number of primary sulfonamides is 1. The number of aromatic nitrogens is 3. The molecule has 12 heteroatoms. The number of fused-ring (bicyclic) bond motifs is 1. The van der Waals surface area contributed by atoms with Crippen LogP contribution in [0, 0.1) is 18.8 Å². The lowest BCUT2D eigenvalue weighted by Crippen LogP contribution is -2.13. The normalized spacial score (nSPS) is 12.1. The maximum Gasteiger partial charge on any atom is 0.433 e. The van der Waals surface area contributed by atoms with Gasteiger partial charge in [-0.05, 0) is 42.8 Å². The lowest BCUT2D eigenvalue weighted by atomic mass is 10.1. The van der Waals surface area contributed by atoms with Gasteiger partial charge in [-0.15, -0.1) is 11.3 Å². The van der Waals surface area contributed by atoms with Crippen LogP contribution in [0.1, 0.15) is 21.7 Å². The van der Waals surface area contributed by atoms with Crippen molar-refractivity contribution < 1.29 is 21.6 Å². The molecule has 164 valence electrons. The Morgan fingerprint density at radius 2 is 1.91 bits per heavy atom. The van der Waals surface area contributed by atoms with Gasteiger partial charge in [-0.2, -0.15) is 18.3 Å². The smallest absolute Gasteiger partial charge is 0.227 e. The minimum atomic E-state index is -4.69. The summed E-state index contributed by atoms with van der Waals surface area (Å²) in [6, 6.07) is 8.49. The highest BCUT2D eigenvalue weighted by Gasteiger charge is 2.35. The molecule has 0 bridgehead atoms. The van der Waals surface area contributed by atoms with Crippen LogP contribution < -0.4 is 5.14 Å². The lowest BCUT2D eigenvalue weighted by Gasteiger charge is -2.11. The SMILES string of the molecule is Cc1cc(-c2cc(C(F)(F)F)n3ncc(C#Cc4ccc(S(N)(=O)=O)s4)c3n2)ccc1Cl. The number of benzene rings is 1. The number of hydrogen-bond acceptors (Lipinski definition) is 5. The maximum atomic E-state index is 13.7. The van der Waals surface area contributed by atoms with Gasteiger partial charge in [0, 0.05) is 10.6 Å². The van der Waals surface area contributed by atoms with Crippen molar-refractivity contribution in [3.05, 3.63) is 69.3 Å². The van der Waals surface area contributed by atoms with E-state index in [2.05, 4.69) is 21.9 Å². The molecule has 0 radical (unpaired) electrons. The Balaban J connectivity index is 1.87. The van der Waals surface area contributed by atoms with Crippen LogP contribution in [-0.2, 0) is 16.2 Å². The molecular weight excluding hydrogens is 485 g/mol. The molecule has 0 fully saturated rings. The van der Waals surface area contributed by atoms with E-state index in [1.54, 1.807) is 25.1 Å². The number of thiophene rings is 1. The zero-order valence-corrected chi connectivity index (χ0v) is 18.5. The van der Waals surface area contributed by atoms with Gasteiger partial charge < -0.3 is 0 Å². The van der Waals surface area contributed by atoms with Crippen LogP contribution in [0.3, 0.4) is 0 Å². The second-order valence-corrected chi connectivity index (χ2v) is 9.97. The molecule has 3 heterocycles. The quantitative estimate of drug-likeness (QED) is 0.414. The van der Waals surface area contributed by atoms with Crippen LogP contribution in [0.5, 0.6) is 0 Å². The first-order valence-electron chi connectivity index (χ1n) is 8.80. The van der Waals surface area contributed by atoms with Crippen molar-refractivity contribution >= 4 is 38.6 Å². The summed E-state index contributed by atoms with van der Waals surface area (Å²) in [5, 5.41) is 9.37. The zero-order valence-electron chi connectivity index (χ0n) is 16.1. The number of rotatable bonds is 2. The number of hydrogen-bond donors (Lipinski definition) is 1. The second-order valence-electron chi connectivity index (χ2n) is 6.70. The van der Waals surface area contributed by atoms with Crippen molar-refractivity contribution in [2.75, 3.05) is 0 Å². The van der Waals surface area contributed by atoms with E-state index in [0.717, 1.165) is 17.4 Å². The number of nitrogens with zero attached hydrogens (tertiary/aromatic N) is 3. The first-order chi connectivity index (χ1) is 14.9. The molecule has 4 aromatic rings. The van der Waals surface area contributed by atoms with Crippen LogP contribution in [0.4, 0.5) is 13.2 Å². The number of nitrogens with two attached hydrogens (primary N) is 1. The highest BCUT2D eigenvalue weighted by molar-refractivity contribution is 7.91. The van der Waals surface area contributed by atoms with Crippen molar-refractivity contribution in [1.82, 2.24) is 14.6 Å². The topological polar surface area (TPSA) is 90.4 Å². The van der Waals surface area contributed by atoms with Gasteiger partial charge in [0.05, 0.1) is 22.3 Å². The molecule has 0 spiro atoms. The van der Waals surface area contributed by atoms with Gasteiger partial charge in [0.1, 0.15) is 4.21 Å².